The summed E-state index contributed by atoms with van der Waals surface area (Å²) in [6, 6.07) is 0. The van der Waals surface area contributed by atoms with Crippen LogP contribution < -0.4 is 0 Å². The Hall–Kier alpha value is -0.0400. The number of rotatable bonds is 1. The third-order valence-corrected chi connectivity index (χ3v) is 9.33. The Bertz CT molecular complexity index is 432. The molecule has 0 heterocycles. The van der Waals surface area contributed by atoms with Gasteiger partial charge in [-0.3, -0.25) is 0 Å². The smallest absolute Gasteiger partial charge is 0.0543 e. The first kappa shape index (κ1) is 15.5. The van der Waals surface area contributed by atoms with Gasteiger partial charge in [-0.05, 0) is 98.2 Å². The van der Waals surface area contributed by atoms with Gasteiger partial charge in [-0.1, -0.05) is 27.2 Å². The van der Waals surface area contributed by atoms with Crippen molar-refractivity contribution in [2.75, 3.05) is 0 Å². The van der Waals surface area contributed by atoms with Crippen LogP contribution in [-0.2, 0) is 0 Å². The molecule has 0 aromatic heterocycles. The molecule has 0 aromatic rings. The molecule has 8 atom stereocenters. The first-order chi connectivity index (χ1) is 10.5. The Morgan fingerprint density at radius 3 is 2.36 bits per heavy atom. The highest BCUT2D eigenvalue weighted by Gasteiger charge is 2.59. The Kier molecular flexibility index (Phi) is 3.68. The van der Waals surface area contributed by atoms with Gasteiger partial charge in [-0.2, -0.15) is 0 Å². The highest BCUT2D eigenvalue weighted by Crippen LogP contribution is 2.67. The average molecular weight is 305 g/mol. The predicted molar refractivity (Wildman–Crippen MR) is 91.5 cm³/mol. The number of aliphatic hydroxyl groups is 1. The third kappa shape index (κ3) is 2.00. The van der Waals surface area contributed by atoms with Gasteiger partial charge in [0.2, 0.25) is 0 Å². The van der Waals surface area contributed by atoms with Crippen LogP contribution >= 0.6 is 0 Å². The zero-order chi connectivity index (χ0) is 15.5. The monoisotopic (exact) mass is 304 g/mol. The van der Waals surface area contributed by atoms with Gasteiger partial charge in [0.05, 0.1) is 6.10 Å². The molecule has 0 saturated heterocycles. The lowest BCUT2D eigenvalue weighted by molar-refractivity contribution is -0.126. The van der Waals surface area contributed by atoms with E-state index in [1.807, 2.05) is 0 Å². The maximum Gasteiger partial charge on any atom is 0.0543 e. The van der Waals surface area contributed by atoms with Crippen molar-refractivity contribution in [3.05, 3.63) is 0 Å². The van der Waals surface area contributed by atoms with E-state index >= 15 is 0 Å². The third-order valence-electron chi connectivity index (χ3n) is 9.33. The SMILES string of the molecule is CC[C@H]1CC[C@H]2[C@@H]3CCC4CC(O)CC[C@]4(C)[C@H]3CC[C@]12C. The Labute approximate surface area is 137 Å². The molecule has 4 rings (SSSR count). The summed E-state index contributed by atoms with van der Waals surface area (Å²) in [7, 11) is 0. The molecule has 0 radical (unpaired) electrons. The summed E-state index contributed by atoms with van der Waals surface area (Å²) in [6.07, 6.45) is 13.7. The lowest BCUT2D eigenvalue weighted by Crippen LogP contribution is -2.53. The fourth-order valence-corrected chi connectivity index (χ4v) is 8.01. The van der Waals surface area contributed by atoms with Crippen LogP contribution in [0.25, 0.3) is 0 Å². The molecule has 1 nitrogen and oxygen atoms in total. The van der Waals surface area contributed by atoms with E-state index in [0.717, 1.165) is 42.4 Å². The highest BCUT2D eigenvalue weighted by atomic mass is 16.3. The summed E-state index contributed by atoms with van der Waals surface area (Å²) in [4.78, 5) is 0. The summed E-state index contributed by atoms with van der Waals surface area (Å²) in [5, 5.41) is 10.1. The van der Waals surface area contributed by atoms with Gasteiger partial charge in [-0.25, -0.2) is 0 Å². The van der Waals surface area contributed by atoms with Crippen LogP contribution in [0.2, 0.25) is 0 Å². The molecule has 1 N–H and O–H groups in total. The molecular formula is C21H36O. The van der Waals surface area contributed by atoms with E-state index in [-0.39, 0.29) is 6.10 Å². The van der Waals surface area contributed by atoms with Gasteiger partial charge in [-0.15, -0.1) is 0 Å². The van der Waals surface area contributed by atoms with Crippen LogP contribution in [0.3, 0.4) is 0 Å². The molecule has 22 heavy (non-hydrogen) atoms. The van der Waals surface area contributed by atoms with Crippen molar-refractivity contribution in [2.45, 2.75) is 91.1 Å². The Morgan fingerprint density at radius 1 is 0.864 bits per heavy atom. The van der Waals surface area contributed by atoms with E-state index in [1.54, 1.807) is 0 Å². The van der Waals surface area contributed by atoms with Crippen molar-refractivity contribution in [3.8, 4) is 0 Å². The molecular weight excluding hydrogens is 268 g/mol. The molecule has 2 unspecified atom stereocenters. The molecule has 4 saturated carbocycles. The van der Waals surface area contributed by atoms with E-state index < -0.39 is 0 Å². The summed E-state index contributed by atoms with van der Waals surface area (Å²) in [5.41, 5.74) is 1.21. The van der Waals surface area contributed by atoms with Crippen LogP contribution in [-0.4, -0.2) is 11.2 Å². The van der Waals surface area contributed by atoms with Crippen LogP contribution in [0, 0.1) is 40.4 Å². The molecule has 4 aliphatic rings. The first-order valence-electron chi connectivity index (χ1n) is 10.2. The van der Waals surface area contributed by atoms with Crippen molar-refractivity contribution in [2.24, 2.45) is 40.4 Å². The Morgan fingerprint density at radius 2 is 1.59 bits per heavy atom. The number of fused-ring (bicyclic) bond motifs is 5. The molecule has 4 aliphatic carbocycles. The lowest BCUT2D eigenvalue weighted by atomic mass is 9.44. The fraction of sp³-hybridized carbons (Fsp3) is 1.00. The molecule has 0 spiro atoms. The van der Waals surface area contributed by atoms with Gasteiger partial charge >= 0.3 is 0 Å². The molecule has 0 amide bonds. The second-order valence-corrected chi connectivity index (χ2v) is 9.81. The maximum absolute atomic E-state index is 10.1. The largest absolute Gasteiger partial charge is 0.393 e. The zero-order valence-electron chi connectivity index (χ0n) is 15.0. The molecule has 0 aliphatic heterocycles. The average Bonchev–Trinajstić information content (AvgIpc) is 2.84. The lowest BCUT2D eigenvalue weighted by Gasteiger charge is -2.61. The van der Waals surface area contributed by atoms with Crippen LogP contribution in [0.1, 0.15) is 85.0 Å². The molecule has 0 bridgehead atoms. The number of aliphatic hydroxyl groups excluding tert-OH is 1. The van der Waals surface area contributed by atoms with Crippen LogP contribution in [0.15, 0.2) is 0 Å². The van der Waals surface area contributed by atoms with E-state index in [4.69, 9.17) is 0 Å². The normalized spacial score (nSPS) is 57.8. The van der Waals surface area contributed by atoms with Crippen molar-refractivity contribution in [1.82, 2.24) is 0 Å². The van der Waals surface area contributed by atoms with E-state index in [0.29, 0.717) is 10.8 Å². The summed E-state index contributed by atoms with van der Waals surface area (Å²) in [5.74, 6) is 4.79. The minimum Gasteiger partial charge on any atom is -0.393 e. The quantitative estimate of drug-likeness (QED) is 0.686. The van der Waals surface area contributed by atoms with E-state index in [1.165, 1.54) is 51.4 Å². The van der Waals surface area contributed by atoms with Crippen molar-refractivity contribution < 1.29 is 5.11 Å². The minimum absolute atomic E-state index is 0.000524. The van der Waals surface area contributed by atoms with Gasteiger partial charge in [0.15, 0.2) is 0 Å². The predicted octanol–water partition coefficient (Wildman–Crippen LogP) is 5.42. The van der Waals surface area contributed by atoms with Crippen molar-refractivity contribution in [1.29, 1.82) is 0 Å². The Balaban J connectivity index is 1.61. The van der Waals surface area contributed by atoms with Gasteiger partial charge in [0, 0.05) is 0 Å². The van der Waals surface area contributed by atoms with Crippen molar-refractivity contribution >= 4 is 0 Å². The van der Waals surface area contributed by atoms with Crippen LogP contribution in [0.5, 0.6) is 0 Å². The fourth-order valence-electron chi connectivity index (χ4n) is 8.01. The van der Waals surface area contributed by atoms with E-state index in [2.05, 4.69) is 20.8 Å². The van der Waals surface area contributed by atoms with Gasteiger partial charge in [0.1, 0.15) is 0 Å². The molecule has 126 valence electrons. The standard InChI is InChI=1S/C21H36O/c1-4-14-6-8-18-17-7-5-15-13-16(22)9-11-21(15,3)19(17)10-12-20(14,18)2/h14-19,22H,4-13H2,1-3H3/t14-,15?,16?,17-,18-,19-,20+,21-/m0/s1. The number of hydrogen-bond donors (Lipinski definition) is 1. The number of hydrogen-bond acceptors (Lipinski definition) is 1. The van der Waals surface area contributed by atoms with Crippen LogP contribution in [0.4, 0.5) is 0 Å². The molecule has 1 heteroatoms. The van der Waals surface area contributed by atoms with Gasteiger partial charge in [0.25, 0.3) is 0 Å². The topological polar surface area (TPSA) is 20.2 Å². The summed E-state index contributed by atoms with van der Waals surface area (Å²) < 4.78 is 0. The second-order valence-electron chi connectivity index (χ2n) is 9.81. The summed E-state index contributed by atoms with van der Waals surface area (Å²) in [6.45, 7) is 7.68. The first-order valence-corrected chi connectivity index (χ1v) is 10.2. The van der Waals surface area contributed by atoms with Crippen molar-refractivity contribution in [3.63, 3.8) is 0 Å². The van der Waals surface area contributed by atoms with E-state index in [9.17, 15) is 5.11 Å². The van der Waals surface area contributed by atoms with Gasteiger partial charge < -0.3 is 5.11 Å². The maximum atomic E-state index is 10.1. The minimum atomic E-state index is -0.000524. The summed E-state index contributed by atoms with van der Waals surface area (Å²) >= 11 is 0. The second kappa shape index (κ2) is 5.23. The highest BCUT2D eigenvalue weighted by molar-refractivity contribution is 5.08. The molecule has 0 aromatic carbocycles. The molecule has 4 fully saturated rings. The zero-order valence-corrected chi connectivity index (χ0v) is 15.0.